The average molecular weight is 465 g/mol. The van der Waals surface area contributed by atoms with Crippen molar-refractivity contribution in [3.8, 4) is 5.75 Å². The van der Waals surface area contributed by atoms with Crippen molar-refractivity contribution >= 4 is 28.7 Å². The number of hydrogen-bond donors (Lipinski definition) is 1. The molecule has 0 radical (unpaired) electrons. The summed E-state index contributed by atoms with van der Waals surface area (Å²) in [6, 6.07) is 14.7. The zero-order valence-corrected chi connectivity index (χ0v) is 19.7. The summed E-state index contributed by atoms with van der Waals surface area (Å²) in [5.41, 5.74) is 2.85. The SMILES string of the molecule is CC(=O)[O-].CCC1C(=O)N(CCc2c[nH]c3ccc(OC)cc23)CCN1C(=O)c1ccccc1. The third-order valence-electron chi connectivity index (χ3n) is 5.88. The lowest BCUT2D eigenvalue weighted by Gasteiger charge is -2.40. The van der Waals surface area contributed by atoms with Crippen LogP contribution in [-0.4, -0.2) is 65.4 Å². The highest BCUT2D eigenvalue weighted by atomic mass is 16.5. The predicted octanol–water partition coefficient (Wildman–Crippen LogP) is 2.24. The number of benzene rings is 2. The Morgan fingerprint density at radius 3 is 2.50 bits per heavy atom. The third kappa shape index (κ3) is 5.75. The van der Waals surface area contributed by atoms with E-state index in [1.54, 1.807) is 24.1 Å². The Bertz CT molecular complexity index is 1140. The molecule has 2 heterocycles. The van der Waals surface area contributed by atoms with E-state index in [0.717, 1.165) is 35.6 Å². The van der Waals surface area contributed by atoms with E-state index in [4.69, 9.17) is 14.6 Å². The first-order valence-corrected chi connectivity index (χ1v) is 11.3. The third-order valence-corrected chi connectivity index (χ3v) is 5.88. The van der Waals surface area contributed by atoms with E-state index in [9.17, 15) is 9.59 Å². The number of carboxylic acids is 1. The van der Waals surface area contributed by atoms with Crippen LogP contribution in [0.5, 0.6) is 5.75 Å². The number of ether oxygens (including phenoxy) is 1. The number of H-pyrrole nitrogens is 1. The number of nitrogens with one attached hydrogen (secondary N) is 1. The minimum atomic E-state index is -1.08. The molecular weight excluding hydrogens is 434 g/mol. The Morgan fingerprint density at radius 2 is 1.85 bits per heavy atom. The summed E-state index contributed by atoms with van der Waals surface area (Å²) in [6.07, 6.45) is 3.36. The largest absolute Gasteiger partial charge is 0.550 e. The van der Waals surface area contributed by atoms with Gasteiger partial charge >= 0.3 is 0 Å². The van der Waals surface area contributed by atoms with Gasteiger partial charge in [-0.2, -0.15) is 0 Å². The number of carbonyl (C=O) groups excluding carboxylic acids is 3. The Morgan fingerprint density at radius 1 is 1.15 bits per heavy atom. The first kappa shape index (κ1) is 24.8. The number of methoxy groups -OCH3 is 1. The molecule has 0 bridgehead atoms. The zero-order chi connectivity index (χ0) is 24.7. The van der Waals surface area contributed by atoms with Crippen molar-refractivity contribution in [3.05, 3.63) is 65.9 Å². The fourth-order valence-electron chi connectivity index (χ4n) is 4.19. The second kappa shape index (κ2) is 11.4. The maximum absolute atomic E-state index is 13.1. The van der Waals surface area contributed by atoms with Crippen LogP contribution in [-0.2, 0) is 16.0 Å². The lowest BCUT2D eigenvalue weighted by molar-refractivity contribution is -0.302. The van der Waals surface area contributed by atoms with Crippen LogP contribution in [0.15, 0.2) is 54.7 Å². The van der Waals surface area contributed by atoms with Gasteiger partial charge in [-0.3, -0.25) is 9.59 Å². The van der Waals surface area contributed by atoms with Gasteiger partial charge in [-0.1, -0.05) is 25.1 Å². The number of nitrogens with zero attached hydrogens (tertiary/aromatic N) is 2. The number of rotatable bonds is 6. The maximum atomic E-state index is 13.1. The van der Waals surface area contributed by atoms with Gasteiger partial charge < -0.3 is 29.4 Å². The summed E-state index contributed by atoms with van der Waals surface area (Å²) in [5, 5.41) is 10.0. The molecule has 1 aromatic heterocycles. The molecule has 2 aromatic carbocycles. The molecule has 1 atom stereocenters. The molecule has 1 aliphatic heterocycles. The normalized spacial score (nSPS) is 15.6. The van der Waals surface area contributed by atoms with Crippen molar-refractivity contribution in [1.29, 1.82) is 0 Å². The first-order valence-electron chi connectivity index (χ1n) is 11.3. The van der Waals surface area contributed by atoms with E-state index in [1.807, 2.05) is 54.4 Å². The summed E-state index contributed by atoms with van der Waals surface area (Å²) >= 11 is 0. The summed E-state index contributed by atoms with van der Waals surface area (Å²) in [5.74, 6) is -0.303. The Kier molecular flexibility index (Phi) is 8.29. The number of aromatic amines is 1. The molecule has 1 unspecified atom stereocenters. The summed E-state index contributed by atoms with van der Waals surface area (Å²) in [7, 11) is 1.66. The second-order valence-electron chi connectivity index (χ2n) is 8.08. The van der Waals surface area contributed by atoms with Crippen molar-refractivity contribution in [2.75, 3.05) is 26.7 Å². The van der Waals surface area contributed by atoms with Crippen LogP contribution in [0.25, 0.3) is 10.9 Å². The molecule has 1 fully saturated rings. The molecule has 3 aromatic rings. The van der Waals surface area contributed by atoms with Crippen molar-refractivity contribution in [3.63, 3.8) is 0 Å². The van der Waals surface area contributed by atoms with E-state index in [2.05, 4.69) is 4.98 Å². The van der Waals surface area contributed by atoms with E-state index in [-0.39, 0.29) is 11.8 Å². The Hall–Kier alpha value is -3.81. The summed E-state index contributed by atoms with van der Waals surface area (Å²) in [6.45, 7) is 4.68. The molecule has 0 aliphatic carbocycles. The predicted molar refractivity (Wildman–Crippen MR) is 127 cm³/mol. The number of amides is 2. The maximum Gasteiger partial charge on any atom is 0.254 e. The quantitative estimate of drug-likeness (QED) is 0.602. The molecule has 0 spiro atoms. The van der Waals surface area contributed by atoms with Crippen molar-refractivity contribution in [2.24, 2.45) is 0 Å². The van der Waals surface area contributed by atoms with Crippen molar-refractivity contribution in [1.82, 2.24) is 14.8 Å². The summed E-state index contributed by atoms with van der Waals surface area (Å²) < 4.78 is 5.34. The van der Waals surface area contributed by atoms with E-state index in [0.29, 0.717) is 31.6 Å². The zero-order valence-electron chi connectivity index (χ0n) is 19.7. The highest BCUT2D eigenvalue weighted by Crippen LogP contribution is 2.25. The molecule has 8 nitrogen and oxygen atoms in total. The number of piperazine rings is 1. The van der Waals surface area contributed by atoms with Gasteiger partial charge in [-0.25, -0.2) is 0 Å². The van der Waals surface area contributed by atoms with Gasteiger partial charge in [0.05, 0.1) is 7.11 Å². The topological polar surface area (TPSA) is 106 Å². The second-order valence-corrected chi connectivity index (χ2v) is 8.08. The van der Waals surface area contributed by atoms with Gasteiger partial charge in [-0.15, -0.1) is 0 Å². The smallest absolute Gasteiger partial charge is 0.254 e. The number of aliphatic carboxylic acids is 1. The lowest BCUT2D eigenvalue weighted by atomic mass is 10.0. The highest BCUT2D eigenvalue weighted by molar-refractivity contribution is 5.98. The molecule has 180 valence electrons. The fourth-order valence-corrected chi connectivity index (χ4v) is 4.19. The molecule has 0 saturated carbocycles. The van der Waals surface area contributed by atoms with Gasteiger partial charge in [0.2, 0.25) is 5.91 Å². The molecule has 34 heavy (non-hydrogen) atoms. The molecule has 8 heteroatoms. The van der Waals surface area contributed by atoms with Crippen LogP contribution in [0.4, 0.5) is 0 Å². The van der Waals surface area contributed by atoms with E-state index >= 15 is 0 Å². The number of carboxylic acid groups (broad SMARTS) is 1. The number of carbonyl (C=O) groups is 3. The number of hydrogen-bond acceptors (Lipinski definition) is 5. The van der Waals surface area contributed by atoms with Crippen LogP contribution >= 0.6 is 0 Å². The van der Waals surface area contributed by atoms with Gasteiger partial charge in [0.25, 0.3) is 5.91 Å². The van der Waals surface area contributed by atoms with E-state index in [1.165, 1.54) is 0 Å². The van der Waals surface area contributed by atoms with Crippen molar-refractivity contribution < 1.29 is 24.2 Å². The molecule has 1 saturated heterocycles. The molecule has 1 N–H and O–H groups in total. The summed E-state index contributed by atoms with van der Waals surface area (Å²) in [4.78, 5) is 41.8. The van der Waals surface area contributed by atoms with Gasteiger partial charge in [-0.05, 0) is 55.7 Å². The molecule has 2 amide bonds. The molecule has 1 aliphatic rings. The standard InChI is InChI=1S/C24H27N3O3.C2H4O2/c1-3-22-24(29)26(13-14-27(22)23(28)17-7-5-4-6-8-17)12-11-18-16-25-21-10-9-19(30-2)15-20(18)21;1-2(3)4/h4-10,15-16,22,25H,3,11-14H2,1-2H3;1H3,(H,3,4)/p-1. The minimum Gasteiger partial charge on any atom is -0.550 e. The number of fused-ring (bicyclic) bond motifs is 1. The lowest BCUT2D eigenvalue weighted by Crippen LogP contribution is -2.58. The van der Waals surface area contributed by atoms with Gasteiger partial charge in [0.15, 0.2) is 0 Å². The van der Waals surface area contributed by atoms with Crippen LogP contribution in [0, 0.1) is 0 Å². The van der Waals surface area contributed by atoms with Crippen LogP contribution in [0.2, 0.25) is 0 Å². The Balaban J connectivity index is 0.000000751. The Labute approximate surface area is 199 Å². The fraction of sp³-hybridized carbons (Fsp3) is 0.346. The molecular formula is C26H30N3O5-. The first-order chi connectivity index (χ1) is 16.3. The van der Waals surface area contributed by atoms with Gasteiger partial charge in [0.1, 0.15) is 11.8 Å². The number of aromatic nitrogens is 1. The van der Waals surface area contributed by atoms with E-state index < -0.39 is 12.0 Å². The minimum absolute atomic E-state index is 0.0328. The van der Waals surface area contributed by atoms with Gasteiger partial charge in [0, 0.05) is 48.3 Å². The average Bonchev–Trinajstić information content (AvgIpc) is 3.25. The van der Waals surface area contributed by atoms with Crippen molar-refractivity contribution in [2.45, 2.75) is 32.7 Å². The monoisotopic (exact) mass is 464 g/mol. The van der Waals surface area contributed by atoms with Crippen LogP contribution in [0.1, 0.15) is 36.2 Å². The van der Waals surface area contributed by atoms with Crippen LogP contribution < -0.4 is 9.84 Å². The highest BCUT2D eigenvalue weighted by Gasteiger charge is 2.36. The molecule has 4 rings (SSSR count). The van der Waals surface area contributed by atoms with Crippen LogP contribution in [0.3, 0.4) is 0 Å².